The summed E-state index contributed by atoms with van der Waals surface area (Å²) in [4.78, 5) is 17.4. The second kappa shape index (κ2) is 8.22. The number of rotatable bonds is 3. The van der Waals surface area contributed by atoms with E-state index in [-0.39, 0.29) is 6.03 Å². The Morgan fingerprint density at radius 3 is 2.60 bits per heavy atom. The normalized spacial score (nSPS) is 25.0. The van der Waals surface area contributed by atoms with Crippen LogP contribution in [0.2, 0.25) is 0 Å². The second-order valence-corrected chi connectivity index (χ2v) is 7.99. The number of benzene rings is 1. The number of piperidine rings is 2. The van der Waals surface area contributed by atoms with E-state index in [1.54, 1.807) is 0 Å². The molecule has 0 spiro atoms. The second-order valence-electron chi connectivity index (χ2n) is 7.99. The lowest BCUT2D eigenvalue weighted by Gasteiger charge is -2.39. The fourth-order valence-electron chi connectivity index (χ4n) is 4.36. The largest absolute Gasteiger partial charge is 0.324 e. The summed E-state index contributed by atoms with van der Waals surface area (Å²) in [6.07, 6.45) is 6.38. The van der Waals surface area contributed by atoms with Crippen LogP contribution in [0.1, 0.15) is 50.2 Å². The number of nitrogens with one attached hydrogen (secondary N) is 1. The monoisotopic (exact) mass is 343 g/mol. The van der Waals surface area contributed by atoms with Crippen LogP contribution in [-0.2, 0) is 0 Å². The maximum absolute atomic E-state index is 12.8. The molecule has 2 saturated heterocycles. The zero-order valence-electron chi connectivity index (χ0n) is 16.1. The molecule has 1 aromatic rings. The first-order valence-corrected chi connectivity index (χ1v) is 9.91. The number of aryl methyl sites for hydroxylation is 2. The van der Waals surface area contributed by atoms with Crippen LogP contribution >= 0.6 is 0 Å². The van der Waals surface area contributed by atoms with Gasteiger partial charge < -0.3 is 15.1 Å². The summed E-state index contributed by atoms with van der Waals surface area (Å²) in [6.45, 7) is 10.6. The van der Waals surface area contributed by atoms with Crippen molar-refractivity contribution in [1.29, 1.82) is 0 Å². The van der Waals surface area contributed by atoms with E-state index >= 15 is 0 Å². The molecule has 0 aliphatic carbocycles. The molecule has 138 valence electrons. The summed E-state index contributed by atoms with van der Waals surface area (Å²) in [6, 6.07) is 6.91. The van der Waals surface area contributed by atoms with Crippen LogP contribution in [0, 0.1) is 19.8 Å². The molecule has 4 nitrogen and oxygen atoms in total. The Balaban J connectivity index is 1.58. The van der Waals surface area contributed by atoms with Crippen LogP contribution in [0.15, 0.2) is 18.2 Å². The van der Waals surface area contributed by atoms with Gasteiger partial charge in [-0.2, -0.15) is 0 Å². The number of para-hydroxylation sites is 1. The maximum Gasteiger partial charge on any atom is 0.321 e. The number of carbonyl (C=O) groups excluding carboxylic acids is 1. The van der Waals surface area contributed by atoms with E-state index in [0.717, 1.165) is 42.9 Å². The van der Waals surface area contributed by atoms with Crippen molar-refractivity contribution in [3.63, 3.8) is 0 Å². The minimum atomic E-state index is 0.0637. The highest BCUT2D eigenvalue weighted by molar-refractivity contribution is 5.91. The lowest BCUT2D eigenvalue weighted by Crippen LogP contribution is -2.47. The van der Waals surface area contributed by atoms with E-state index in [9.17, 15) is 4.79 Å². The number of likely N-dealkylation sites (tertiary alicyclic amines) is 2. The molecule has 1 N–H and O–H groups in total. The van der Waals surface area contributed by atoms with Crippen molar-refractivity contribution in [2.24, 2.45) is 5.92 Å². The average molecular weight is 344 g/mol. The molecule has 2 aliphatic heterocycles. The lowest BCUT2D eigenvalue weighted by atomic mass is 9.95. The molecule has 2 amide bonds. The van der Waals surface area contributed by atoms with Gasteiger partial charge in [-0.25, -0.2) is 4.79 Å². The van der Waals surface area contributed by atoms with E-state index in [4.69, 9.17) is 0 Å². The molecule has 1 aromatic carbocycles. The zero-order valence-corrected chi connectivity index (χ0v) is 16.1. The van der Waals surface area contributed by atoms with Gasteiger partial charge in [0.25, 0.3) is 0 Å². The van der Waals surface area contributed by atoms with Crippen LogP contribution in [0.4, 0.5) is 10.5 Å². The molecule has 4 heteroatoms. The zero-order chi connectivity index (χ0) is 17.8. The van der Waals surface area contributed by atoms with Gasteiger partial charge in [-0.1, -0.05) is 24.6 Å². The third-order valence-corrected chi connectivity index (χ3v) is 5.95. The van der Waals surface area contributed by atoms with Gasteiger partial charge in [0.05, 0.1) is 0 Å². The molecule has 2 unspecified atom stereocenters. The molecule has 0 bridgehead atoms. The van der Waals surface area contributed by atoms with Gasteiger partial charge in [0.2, 0.25) is 0 Å². The number of nitrogens with zero attached hydrogens (tertiary/aromatic N) is 2. The Hall–Kier alpha value is -1.55. The van der Waals surface area contributed by atoms with Crippen molar-refractivity contribution in [2.45, 2.75) is 58.9 Å². The quantitative estimate of drug-likeness (QED) is 0.882. The molecule has 0 aromatic heterocycles. The Kier molecular flexibility index (Phi) is 6.00. The summed E-state index contributed by atoms with van der Waals surface area (Å²) in [5.41, 5.74) is 3.23. The minimum absolute atomic E-state index is 0.0637. The van der Waals surface area contributed by atoms with Gasteiger partial charge in [-0.3, -0.25) is 0 Å². The predicted octanol–water partition coefficient (Wildman–Crippen LogP) is 4.42. The van der Waals surface area contributed by atoms with E-state index in [2.05, 4.69) is 43.1 Å². The van der Waals surface area contributed by atoms with Crippen LogP contribution in [-0.4, -0.2) is 48.1 Å². The first-order chi connectivity index (χ1) is 12.0. The average Bonchev–Trinajstić information content (AvgIpc) is 2.60. The molecule has 2 aliphatic rings. The highest BCUT2D eigenvalue weighted by Gasteiger charge is 2.27. The topological polar surface area (TPSA) is 35.6 Å². The Morgan fingerprint density at radius 2 is 1.88 bits per heavy atom. The summed E-state index contributed by atoms with van der Waals surface area (Å²) in [7, 11) is 0. The molecule has 2 heterocycles. The lowest BCUT2D eigenvalue weighted by molar-refractivity contribution is 0.104. The standard InChI is InChI=1S/C21H33N3O/c1-16-8-6-9-17(2)20(16)22-21(25)24-13-7-11-19(15-24)14-23-12-5-4-10-18(23)3/h6,8-9,18-19H,4-5,7,10-15H2,1-3H3,(H,22,25). The summed E-state index contributed by atoms with van der Waals surface area (Å²) in [5, 5.41) is 3.15. The molecular weight excluding hydrogens is 310 g/mol. The van der Waals surface area contributed by atoms with Crippen molar-refractivity contribution in [3.8, 4) is 0 Å². The summed E-state index contributed by atoms with van der Waals surface area (Å²) >= 11 is 0. The minimum Gasteiger partial charge on any atom is -0.324 e. The Labute approximate surface area is 152 Å². The van der Waals surface area contributed by atoms with Gasteiger partial charge in [0, 0.05) is 31.4 Å². The van der Waals surface area contributed by atoms with Crippen molar-refractivity contribution < 1.29 is 4.79 Å². The van der Waals surface area contributed by atoms with Crippen LogP contribution in [0.25, 0.3) is 0 Å². The summed E-state index contributed by atoms with van der Waals surface area (Å²) < 4.78 is 0. The van der Waals surface area contributed by atoms with Gasteiger partial charge >= 0.3 is 6.03 Å². The van der Waals surface area contributed by atoms with Crippen LogP contribution in [0.3, 0.4) is 0 Å². The fraction of sp³-hybridized carbons (Fsp3) is 0.667. The highest BCUT2D eigenvalue weighted by atomic mass is 16.2. The smallest absolute Gasteiger partial charge is 0.321 e. The number of carbonyl (C=O) groups is 1. The first kappa shape index (κ1) is 18.2. The molecule has 3 rings (SSSR count). The maximum atomic E-state index is 12.8. The third kappa shape index (κ3) is 4.55. The third-order valence-electron chi connectivity index (χ3n) is 5.95. The Bertz CT molecular complexity index is 581. The van der Waals surface area contributed by atoms with Crippen molar-refractivity contribution in [3.05, 3.63) is 29.3 Å². The van der Waals surface area contributed by atoms with Gasteiger partial charge in [-0.15, -0.1) is 0 Å². The first-order valence-electron chi connectivity index (χ1n) is 9.91. The van der Waals surface area contributed by atoms with Crippen molar-refractivity contribution >= 4 is 11.7 Å². The van der Waals surface area contributed by atoms with Gasteiger partial charge in [0.1, 0.15) is 0 Å². The van der Waals surface area contributed by atoms with E-state index in [1.807, 2.05) is 11.0 Å². The van der Waals surface area contributed by atoms with Gasteiger partial charge in [-0.05, 0) is 70.0 Å². The van der Waals surface area contributed by atoms with Crippen LogP contribution in [0.5, 0.6) is 0 Å². The van der Waals surface area contributed by atoms with E-state index < -0.39 is 0 Å². The van der Waals surface area contributed by atoms with Crippen molar-refractivity contribution in [2.75, 3.05) is 31.5 Å². The highest BCUT2D eigenvalue weighted by Crippen LogP contribution is 2.24. The van der Waals surface area contributed by atoms with Crippen LogP contribution < -0.4 is 5.32 Å². The SMILES string of the molecule is Cc1cccc(C)c1NC(=O)N1CCCC(CN2CCCCC2C)C1. The molecule has 2 fully saturated rings. The molecular formula is C21H33N3O. The van der Waals surface area contributed by atoms with E-state index in [0.29, 0.717) is 12.0 Å². The number of anilines is 1. The van der Waals surface area contributed by atoms with E-state index in [1.165, 1.54) is 32.2 Å². The predicted molar refractivity (Wildman–Crippen MR) is 104 cm³/mol. The molecule has 0 radical (unpaired) electrons. The van der Waals surface area contributed by atoms with Crippen molar-refractivity contribution in [1.82, 2.24) is 9.80 Å². The molecule has 25 heavy (non-hydrogen) atoms. The number of urea groups is 1. The number of hydrogen-bond acceptors (Lipinski definition) is 2. The fourth-order valence-corrected chi connectivity index (χ4v) is 4.36. The molecule has 2 atom stereocenters. The van der Waals surface area contributed by atoms with Gasteiger partial charge in [0.15, 0.2) is 0 Å². The number of amides is 2. The number of hydrogen-bond donors (Lipinski definition) is 1. The Morgan fingerprint density at radius 1 is 1.12 bits per heavy atom. The summed E-state index contributed by atoms with van der Waals surface area (Å²) in [5.74, 6) is 0.609. The molecule has 0 saturated carbocycles.